The number of nitrogens with one attached hydrogen (secondary N) is 1. The van der Waals surface area contributed by atoms with Gasteiger partial charge >= 0.3 is 0 Å². The van der Waals surface area contributed by atoms with Crippen LogP contribution in [-0.4, -0.2) is 38.1 Å². The van der Waals surface area contributed by atoms with Crippen molar-refractivity contribution >= 4 is 11.7 Å². The molecule has 19 heavy (non-hydrogen) atoms. The van der Waals surface area contributed by atoms with Crippen LogP contribution in [0.15, 0.2) is 31.1 Å². The SMILES string of the molecule is O=C(Nc1cc(-n2ccnc2)ncn1)C1CCCO1. The van der Waals surface area contributed by atoms with Gasteiger partial charge in [-0.25, -0.2) is 15.0 Å². The van der Waals surface area contributed by atoms with Gasteiger partial charge in [-0.05, 0) is 12.8 Å². The first-order chi connectivity index (χ1) is 9.33. The molecule has 1 N–H and O–H groups in total. The molecule has 7 nitrogen and oxygen atoms in total. The molecule has 1 saturated heterocycles. The Morgan fingerprint density at radius 1 is 1.47 bits per heavy atom. The molecule has 0 spiro atoms. The predicted molar refractivity (Wildman–Crippen MR) is 66.8 cm³/mol. The van der Waals surface area contributed by atoms with Gasteiger partial charge in [-0.15, -0.1) is 0 Å². The lowest BCUT2D eigenvalue weighted by Crippen LogP contribution is -2.27. The maximum Gasteiger partial charge on any atom is 0.254 e. The first kappa shape index (κ1) is 11.8. The molecule has 98 valence electrons. The fourth-order valence-corrected chi connectivity index (χ4v) is 1.94. The van der Waals surface area contributed by atoms with Crippen molar-refractivity contribution in [3.8, 4) is 5.82 Å². The van der Waals surface area contributed by atoms with Crippen molar-refractivity contribution in [1.82, 2.24) is 19.5 Å². The molecule has 1 fully saturated rings. The molecule has 1 aliphatic rings. The Balaban J connectivity index is 1.74. The van der Waals surface area contributed by atoms with Crippen molar-refractivity contribution in [3.05, 3.63) is 31.1 Å². The van der Waals surface area contributed by atoms with Crippen LogP contribution in [0.1, 0.15) is 12.8 Å². The molecular weight excluding hydrogens is 246 g/mol. The van der Waals surface area contributed by atoms with Crippen LogP contribution in [0.25, 0.3) is 5.82 Å². The van der Waals surface area contributed by atoms with Crippen molar-refractivity contribution < 1.29 is 9.53 Å². The van der Waals surface area contributed by atoms with E-state index in [1.807, 2.05) is 0 Å². The average Bonchev–Trinajstić information content (AvgIpc) is 3.13. The van der Waals surface area contributed by atoms with Gasteiger partial charge in [-0.2, -0.15) is 0 Å². The Hall–Kier alpha value is -2.28. The first-order valence-electron chi connectivity index (χ1n) is 6.06. The van der Waals surface area contributed by atoms with Gasteiger partial charge in [0.05, 0.1) is 0 Å². The summed E-state index contributed by atoms with van der Waals surface area (Å²) in [6, 6.07) is 1.69. The molecule has 3 rings (SSSR count). The molecule has 1 aliphatic heterocycles. The van der Waals surface area contributed by atoms with Crippen molar-refractivity contribution in [2.75, 3.05) is 11.9 Å². The topological polar surface area (TPSA) is 81.9 Å². The summed E-state index contributed by atoms with van der Waals surface area (Å²) < 4.78 is 7.06. The van der Waals surface area contributed by atoms with Crippen molar-refractivity contribution in [3.63, 3.8) is 0 Å². The number of nitrogens with zero attached hydrogens (tertiary/aromatic N) is 4. The van der Waals surface area contributed by atoms with Crippen LogP contribution in [0, 0.1) is 0 Å². The number of hydrogen-bond donors (Lipinski definition) is 1. The molecule has 1 amide bonds. The molecule has 0 bridgehead atoms. The van der Waals surface area contributed by atoms with Gasteiger partial charge in [0.15, 0.2) is 0 Å². The summed E-state index contributed by atoms with van der Waals surface area (Å²) in [5.41, 5.74) is 0. The zero-order chi connectivity index (χ0) is 13.1. The molecule has 0 radical (unpaired) electrons. The Labute approximate surface area is 109 Å². The molecule has 3 heterocycles. The number of aromatic nitrogens is 4. The third-order valence-electron chi connectivity index (χ3n) is 2.89. The maximum atomic E-state index is 11.9. The van der Waals surface area contributed by atoms with E-state index in [1.54, 1.807) is 29.4 Å². The number of anilines is 1. The van der Waals surface area contributed by atoms with E-state index in [-0.39, 0.29) is 12.0 Å². The number of hydrogen-bond acceptors (Lipinski definition) is 5. The van der Waals surface area contributed by atoms with E-state index >= 15 is 0 Å². The lowest BCUT2D eigenvalue weighted by Gasteiger charge is -2.10. The fraction of sp³-hybridized carbons (Fsp3) is 0.333. The van der Waals surface area contributed by atoms with Crippen LogP contribution in [0.4, 0.5) is 5.82 Å². The largest absolute Gasteiger partial charge is 0.368 e. The molecule has 1 unspecified atom stereocenters. The van der Waals surface area contributed by atoms with Crippen LogP contribution in [0.3, 0.4) is 0 Å². The summed E-state index contributed by atoms with van der Waals surface area (Å²) >= 11 is 0. The van der Waals surface area contributed by atoms with E-state index < -0.39 is 0 Å². The van der Waals surface area contributed by atoms with Gasteiger partial charge in [0.1, 0.15) is 30.4 Å². The molecule has 0 aliphatic carbocycles. The minimum Gasteiger partial charge on any atom is -0.368 e. The highest BCUT2D eigenvalue weighted by Gasteiger charge is 2.23. The molecule has 7 heteroatoms. The van der Waals surface area contributed by atoms with Crippen molar-refractivity contribution in [2.24, 2.45) is 0 Å². The van der Waals surface area contributed by atoms with Gasteiger partial charge in [0, 0.05) is 25.1 Å². The zero-order valence-electron chi connectivity index (χ0n) is 10.2. The summed E-state index contributed by atoms with van der Waals surface area (Å²) in [4.78, 5) is 24.0. The Morgan fingerprint density at radius 3 is 3.16 bits per heavy atom. The van der Waals surface area contributed by atoms with E-state index in [2.05, 4.69) is 20.3 Å². The van der Waals surface area contributed by atoms with Crippen LogP contribution in [0.2, 0.25) is 0 Å². The summed E-state index contributed by atoms with van der Waals surface area (Å²) in [7, 11) is 0. The van der Waals surface area contributed by atoms with Crippen LogP contribution in [-0.2, 0) is 9.53 Å². The highest BCUT2D eigenvalue weighted by atomic mass is 16.5. The van der Waals surface area contributed by atoms with Gasteiger partial charge in [0.2, 0.25) is 0 Å². The summed E-state index contributed by atoms with van der Waals surface area (Å²) in [6.45, 7) is 0.641. The maximum absolute atomic E-state index is 11.9. The zero-order valence-corrected chi connectivity index (χ0v) is 10.2. The van der Waals surface area contributed by atoms with Gasteiger partial charge < -0.3 is 10.1 Å². The third kappa shape index (κ3) is 2.60. The number of carbonyl (C=O) groups excluding carboxylic acids is 1. The molecule has 1 atom stereocenters. The van der Waals surface area contributed by atoms with E-state index in [1.165, 1.54) is 6.33 Å². The van der Waals surface area contributed by atoms with Crippen molar-refractivity contribution in [2.45, 2.75) is 18.9 Å². The smallest absolute Gasteiger partial charge is 0.254 e. The Kier molecular flexibility index (Phi) is 3.20. The third-order valence-corrected chi connectivity index (χ3v) is 2.89. The Bertz CT molecular complexity index is 563. The highest BCUT2D eigenvalue weighted by molar-refractivity contribution is 5.93. The van der Waals surface area contributed by atoms with E-state index in [4.69, 9.17) is 4.74 Å². The Morgan fingerprint density at radius 2 is 2.42 bits per heavy atom. The minimum atomic E-state index is -0.369. The number of imidazole rings is 1. The molecule has 0 saturated carbocycles. The predicted octanol–water partition coefficient (Wildman–Crippen LogP) is 0.780. The normalized spacial score (nSPS) is 18.4. The number of amides is 1. The van der Waals surface area contributed by atoms with Crippen LogP contribution < -0.4 is 5.32 Å². The number of ether oxygens (including phenoxy) is 1. The molecular formula is C12H13N5O2. The van der Waals surface area contributed by atoms with E-state index in [9.17, 15) is 4.79 Å². The number of rotatable bonds is 3. The average molecular weight is 259 g/mol. The quantitative estimate of drug-likeness (QED) is 0.880. The van der Waals surface area contributed by atoms with Crippen LogP contribution >= 0.6 is 0 Å². The summed E-state index contributed by atoms with van der Waals surface area (Å²) in [6.07, 6.45) is 7.77. The first-order valence-corrected chi connectivity index (χ1v) is 6.06. The second-order valence-electron chi connectivity index (χ2n) is 4.22. The minimum absolute atomic E-state index is 0.159. The highest BCUT2D eigenvalue weighted by Crippen LogP contribution is 2.15. The fourth-order valence-electron chi connectivity index (χ4n) is 1.94. The van der Waals surface area contributed by atoms with Crippen molar-refractivity contribution in [1.29, 1.82) is 0 Å². The van der Waals surface area contributed by atoms with E-state index in [0.717, 1.165) is 12.8 Å². The lowest BCUT2D eigenvalue weighted by atomic mass is 10.2. The second-order valence-corrected chi connectivity index (χ2v) is 4.22. The van der Waals surface area contributed by atoms with Gasteiger partial charge in [-0.3, -0.25) is 9.36 Å². The molecule has 2 aromatic heterocycles. The van der Waals surface area contributed by atoms with Gasteiger partial charge in [0.25, 0.3) is 5.91 Å². The molecule has 2 aromatic rings. The summed E-state index contributed by atoms with van der Waals surface area (Å²) in [5.74, 6) is 0.946. The second kappa shape index (κ2) is 5.15. The summed E-state index contributed by atoms with van der Waals surface area (Å²) in [5, 5.41) is 2.74. The van der Waals surface area contributed by atoms with E-state index in [0.29, 0.717) is 18.2 Å². The van der Waals surface area contributed by atoms with Gasteiger partial charge in [-0.1, -0.05) is 0 Å². The lowest BCUT2D eigenvalue weighted by molar-refractivity contribution is -0.124. The monoisotopic (exact) mass is 259 g/mol. The van der Waals surface area contributed by atoms with Crippen LogP contribution in [0.5, 0.6) is 0 Å². The number of carbonyl (C=O) groups is 1. The molecule has 0 aromatic carbocycles. The standard InChI is InChI=1S/C12H13N5O2/c18-12(9-2-1-5-19-9)16-10-6-11(15-7-14-10)17-4-3-13-8-17/h3-4,6-9H,1-2,5H2,(H,14,15,16,18).